The molecule has 0 aromatic heterocycles. The van der Waals surface area contributed by atoms with Gasteiger partial charge in [0.25, 0.3) is 5.91 Å². The molecule has 0 aliphatic rings. The number of nitrogens with two attached hydrogens (primary N) is 1. The number of nitrogens with one attached hydrogen (secondary N) is 1. The number of rotatable bonds is 6. The Morgan fingerprint density at radius 1 is 1.60 bits per heavy atom. The third-order valence-corrected chi connectivity index (χ3v) is 2.35. The molecule has 0 aliphatic carbocycles. The maximum absolute atomic E-state index is 11.6. The van der Waals surface area contributed by atoms with Gasteiger partial charge in [0.2, 0.25) is 0 Å². The van der Waals surface area contributed by atoms with Crippen LogP contribution in [0.15, 0.2) is 0 Å². The van der Waals surface area contributed by atoms with Crippen molar-refractivity contribution in [2.24, 2.45) is 11.8 Å². The van der Waals surface area contributed by atoms with E-state index in [9.17, 15) is 4.79 Å². The summed E-state index contributed by atoms with van der Waals surface area (Å²) in [5.74, 6) is 5.12. The lowest BCUT2D eigenvalue weighted by Gasteiger charge is -2.31. The first-order valence-corrected chi connectivity index (χ1v) is 5.19. The lowest BCUT2D eigenvalue weighted by atomic mass is 10.0. The Kier molecular flexibility index (Phi) is 6.67. The summed E-state index contributed by atoms with van der Waals surface area (Å²) >= 11 is 0. The minimum absolute atomic E-state index is 0.173. The molecule has 0 heterocycles. The van der Waals surface area contributed by atoms with E-state index in [2.05, 4.69) is 11.5 Å². The molecule has 0 spiro atoms. The van der Waals surface area contributed by atoms with Crippen molar-refractivity contribution in [2.75, 3.05) is 13.1 Å². The molecule has 86 valence electrons. The Morgan fingerprint density at radius 2 is 2.20 bits per heavy atom. The van der Waals surface area contributed by atoms with Gasteiger partial charge in [-0.3, -0.25) is 15.1 Å². The summed E-state index contributed by atoms with van der Waals surface area (Å²) in [6.45, 7) is 7.24. The number of amides is 1. The smallest absolute Gasteiger partial charge is 0.251 e. The molecule has 0 saturated carbocycles. The topological polar surface area (TPSA) is 82.2 Å². The summed E-state index contributed by atoms with van der Waals surface area (Å²) in [6.07, 6.45) is 0.426. The lowest BCUT2D eigenvalue weighted by Crippen LogP contribution is -2.51. The highest BCUT2D eigenvalue weighted by molar-refractivity contribution is 5.81. The molecular formula is C10H20N4O. The Bertz CT molecular complexity index is 234. The average molecular weight is 212 g/mol. The second-order valence-corrected chi connectivity index (χ2v) is 3.73. The summed E-state index contributed by atoms with van der Waals surface area (Å²) in [5.41, 5.74) is 2.17. The Morgan fingerprint density at radius 3 is 2.53 bits per heavy atom. The number of nitrogens with zero attached hydrogens (tertiary/aromatic N) is 2. The zero-order valence-electron chi connectivity index (χ0n) is 9.66. The predicted molar refractivity (Wildman–Crippen MR) is 58.4 cm³/mol. The van der Waals surface area contributed by atoms with Crippen LogP contribution in [0.4, 0.5) is 0 Å². The van der Waals surface area contributed by atoms with Crippen molar-refractivity contribution in [3.05, 3.63) is 0 Å². The quantitative estimate of drug-likeness (QED) is 0.375. The van der Waals surface area contributed by atoms with E-state index in [-0.39, 0.29) is 17.9 Å². The van der Waals surface area contributed by atoms with Crippen LogP contribution >= 0.6 is 0 Å². The van der Waals surface area contributed by atoms with Gasteiger partial charge in [-0.25, -0.2) is 5.84 Å². The molecule has 0 radical (unpaired) electrons. The van der Waals surface area contributed by atoms with E-state index in [0.717, 1.165) is 6.54 Å². The summed E-state index contributed by atoms with van der Waals surface area (Å²) in [4.78, 5) is 13.5. The Balaban J connectivity index is 4.56. The molecule has 1 amide bonds. The van der Waals surface area contributed by atoms with Gasteiger partial charge in [0.1, 0.15) is 0 Å². The SMILES string of the molecule is CCN(CCC#N)C(C(=O)NN)C(C)C. The van der Waals surface area contributed by atoms with Crippen LogP contribution in [0.1, 0.15) is 27.2 Å². The monoisotopic (exact) mass is 212 g/mol. The number of hydrogen-bond donors (Lipinski definition) is 2. The maximum Gasteiger partial charge on any atom is 0.251 e. The standard InChI is InChI=1S/C10H20N4O/c1-4-14(7-5-6-11)9(8(2)3)10(15)13-12/h8-9H,4-5,7,12H2,1-3H3,(H,13,15). The minimum Gasteiger partial charge on any atom is -0.293 e. The third kappa shape index (κ3) is 4.28. The molecule has 3 N–H and O–H groups in total. The number of nitriles is 1. The summed E-state index contributed by atoms with van der Waals surface area (Å²) < 4.78 is 0. The molecule has 1 atom stereocenters. The highest BCUT2D eigenvalue weighted by atomic mass is 16.2. The van der Waals surface area contributed by atoms with Gasteiger partial charge in [-0.15, -0.1) is 0 Å². The van der Waals surface area contributed by atoms with Crippen molar-refractivity contribution >= 4 is 5.91 Å². The van der Waals surface area contributed by atoms with Gasteiger partial charge in [-0.2, -0.15) is 5.26 Å². The van der Waals surface area contributed by atoms with Gasteiger partial charge >= 0.3 is 0 Å². The molecule has 0 saturated heterocycles. The molecule has 0 bridgehead atoms. The van der Waals surface area contributed by atoms with Crippen LogP contribution < -0.4 is 11.3 Å². The first-order valence-electron chi connectivity index (χ1n) is 5.19. The predicted octanol–water partition coefficient (Wildman–Crippen LogP) is 0.236. The molecule has 5 nitrogen and oxygen atoms in total. The van der Waals surface area contributed by atoms with E-state index in [1.54, 1.807) is 0 Å². The largest absolute Gasteiger partial charge is 0.293 e. The van der Waals surface area contributed by atoms with Crippen molar-refractivity contribution in [3.63, 3.8) is 0 Å². The third-order valence-electron chi connectivity index (χ3n) is 2.35. The van der Waals surface area contributed by atoms with E-state index < -0.39 is 0 Å². The minimum atomic E-state index is -0.256. The Labute approximate surface area is 91.2 Å². The van der Waals surface area contributed by atoms with Crippen LogP contribution in [0.5, 0.6) is 0 Å². The number of carbonyl (C=O) groups excluding carboxylic acids is 1. The van der Waals surface area contributed by atoms with E-state index in [4.69, 9.17) is 11.1 Å². The van der Waals surface area contributed by atoms with Crippen LogP contribution in [0.3, 0.4) is 0 Å². The second kappa shape index (κ2) is 7.21. The van der Waals surface area contributed by atoms with Gasteiger partial charge in [0.05, 0.1) is 12.1 Å². The van der Waals surface area contributed by atoms with Crippen molar-refractivity contribution in [1.29, 1.82) is 5.26 Å². The molecule has 5 heteroatoms. The Hall–Kier alpha value is -1.12. The fourth-order valence-corrected chi connectivity index (χ4v) is 1.66. The van der Waals surface area contributed by atoms with Crippen LogP contribution in [-0.4, -0.2) is 29.9 Å². The maximum atomic E-state index is 11.6. The van der Waals surface area contributed by atoms with Crippen molar-refractivity contribution in [1.82, 2.24) is 10.3 Å². The normalized spacial score (nSPS) is 12.6. The van der Waals surface area contributed by atoms with Crippen molar-refractivity contribution in [3.8, 4) is 6.07 Å². The summed E-state index contributed by atoms with van der Waals surface area (Å²) in [7, 11) is 0. The molecule has 0 aliphatic heterocycles. The number of likely N-dealkylation sites (N-methyl/N-ethyl adjacent to an activating group) is 1. The average Bonchev–Trinajstić information content (AvgIpc) is 2.22. The molecule has 0 fully saturated rings. The summed E-state index contributed by atoms with van der Waals surface area (Å²) in [6, 6.07) is 1.82. The van der Waals surface area contributed by atoms with Crippen LogP contribution in [0.25, 0.3) is 0 Å². The first-order chi connectivity index (χ1) is 7.08. The van der Waals surface area contributed by atoms with Crippen LogP contribution in [0, 0.1) is 17.2 Å². The van der Waals surface area contributed by atoms with E-state index >= 15 is 0 Å². The number of hydrazine groups is 1. The van der Waals surface area contributed by atoms with Crippen LogP contribution in [-0.2, 0) is 4.79 Å². The lowest BCUT2D eigenvalue weighted by molar-refractivity contribution is -0.128. The molecule has 0 rings (SSSR count). The summed E-state index contributed by atoms with van der Waals surface area (Å²) in [5, 5.41) is 8.52. The van der Waals surface area contributed by atoms with Gasteiger partial charge in [0, 0.05) is 13.0 Å². The first kappa shape index (κ1) is 13.9. The van der Waals surface area contributed by atoms with Crippen molar-refractivity contribution < 1.29 is 4.79 Å². The molecule has 1 unspecified atom stereocenters. The van der Waals surface area contributed by atoms with Gasteiger partial charge < -0.3 is 0 Å². The van der Waals surface area contributed by atoms with E-state index in [1.807, 2.05) is 25.7 Å². The zero-order valence-corrected chi connectivity index (χ0v) is 9.66. The van der Waals surface area contributed by atoms with E-state index in [0.29, 0.717) is 13.0 Å². The van der Waals surface area contributed by atoms with Gasteiger partial charge in [0.15, 0.2) is 0 Å². The second-order valence-electron chi connectivity index (χ2n) is 3.73. The molecule has 0 aromatic rings. The highest BCUT2D eigenvalue weighted by Gasteiger charge is 2.26. The fraction of sp³-hybridized carbons (Fsp3) is 0.800. The van der Waals surface area contributed by atoms with Gasteiger partial charge in [-0.05, 0) is 12.5 Å². The van der Waals surface area contributed by atoms with Crippen LogP contribution in [0.2, 0.25) is 0 Å². The molecule has 15 heavy (non-hydrogen) atoms. The number of carbonyl (C=O) groups is 1. The molecular weight excluding hydrogens is 192 g/mol. The number of hydrogen-bond acceptors (Lipinski definition) is 4. The van der Waals surface area contributed by atoms with E-state index in [1.165, 1.54) is 0 Å². The molecule has 0 aromatic carbocycles. The highest BCUT2D eigenvalue weighted by Crippen LogP contribution is 2.11. The van der Waals surface area contributed by atoms with Crippen molar-refractivity contribution in [2.45, 2.75) is 33.2 Å². The fourth-order valence-electron chi connectivity index (χ4n) is 1.66. The van der Waals surface area contributed by atoms with Gasteiger partial charge in [-0.1, -0.05) is 20.8 Å². The zero-order chi connectivity index (χ0) is 11.8.